The van der Waals surface area contributed by atoms with E-state index in [1.54, 1.807) is 20.4 Å². The maximum Gasteiger partial charge on any atom is 0.255 e. The van der Waals surface area contributed by atoms with E-state index < -0.39 is 0 Å². The molecular formula is C28H30N4O3. The highest BCUT2D eigenvalue weighted by Crippen LogP contribution is 2.42. The summed E-state index contributed by atoms with van der Waals surface area (Å²) < 4.78 is 13.0. The number of fused-ring (bicyclic) bond motifs is 2. The molecule has 35 heavy (non-hydrogen) atoms. The molecule has 0 spiro atoms. The number of pyridine rings is 1. The van der Waals surface area contributed by atoms with Gasteiger partial charge >= 0.3 is 0 Å². The van der Waals surface area contributed by atoms with Crippen LogP contribution in [0.25, 0.3) is 11.0 Å². The van der Waals surface area contributed by atoms with Gasteiger partial charge in [0.15, 0.2) is 17.1 Å². The van der Waals surface area contributed by atoms with E-state index in [4.69, 9.17) is 14.5 Å². The number of hydrogen-bond acceptors (Lipinski definition) is 5. The van der Waals surface area contributed by atoms with E-state index in [9.17, 15) is 4.79 Å². The molecule has 0 fully saturated rings. The molecule has 1 unspecified atom stereocenters. The Morgan fingerprint density at radius 1 is 1.06 bits per heavy atom. The second kappa shape index (κ2) is 9.06. The van der Waals surface area contributed by atoms with Gasteiger partial charge in [-0.3, -0.25) is 4.79 Å². The molecule has 1 atom stereocenters. The standard InChI is InChI=1S/C28H30N4O3/c1-17(2)32-27-23(16-29-32)22(13-18(3)30-27)28(33)31-12-11-20-14-24(34-4)25(35-5)15-21(20)26(31)19-9-7-6-8-10-19/h6-10,13-17,26H,11-12H2,1-5H3. The molecule has 7 nitrogen and oxygen atoms in total. The van der Waals surface area contributed by atoms with Gasteiger partial charge in [-0.15, -0.1) is 0 Å². The highest BCUT2D eigenvalue weighted by atomic mass is 16.5. The van der Waals surface area contributed by atoms with Crippen LogP contribution in [0, 0.1) is 6.92 Å². The van der Waals surface area contributed by atoms with Crippen LogP contribution < -0.4 is 9.47 Å². The molecule has 2 aromatic carbocycles. The van der Waals surface area contributed by atoms with Crippen LogP contribution in [0.5, 0.6) is 11.5 Å². The van der Waals surface area contributed by atoms with E-state index in [2.05, 4.69) is 31.1 Å². The van der Waals surface area contributed by atoms with Gasteiger partial charge in [-0.2, -0.15) is 5.10 Å². The van der Waals surface area contributed by atoms with Crippen molar-refractivity contribution in [1.82, 2.24) is 19.7 Å². The van der Waals surface area contributed by atoms with Crippen molar-refractivity contribution in [3.8, 4) is 11.5 Å². The van der Waals surface area contributed by atoms with Gasteiger partial charge in [-0.1, -0.05) is 30.3 Å². The quantitative estimate of drug-likeness (QED) is 0.405. The predicted octanol–water partition coefficient (Wildman–Crippen LogP) is 5.13. The van der Waals surface area contributed by atoms with Gasteiger partial charge in [0.05, 0.1) is 37.4 Å². The largest absolute Gasteiger partial charge is 0.493 e. The number of nitrogens with zero attached hydrogens (tertiary/aromatic N) is 4. The molecule has 4 aromatic rings. The van der Waals surface area contributed by atoms with Gasteiger partial charge in [-0.05, 0) is 62.1 Å². The number of carbonyl (C=O) groups is 1. The van der Waals surface area contributed by atoms with Crippen LogP contribution in [-0.4, -0.2) is 46.3 Å². The summed E-state index contributed by atoms with van der Waals surface area (Å²) in [6, 6.07) is 16.0. The molecule has 7 heteroatoms. The van der Waals surface area contributed by atoms with Crippen molar-refractivity contribution in [1.29, 1.82) is 0 Å². The smallest absolute Gasteiger partial charge is 0.255 e. The van der Waals surface area contributed by atoms with E-state index >= 15 is 0 Å². The number of methoxy groups -OCH3 is 2. The Balaban J connectivity index is 1.67. The molecule has 0 bridgehead atoms. The summed E-state index contributed by atoms with van der Waals surface area (Å²) >= 11 is 0. The first kappa shape index (κ1) is 22.9. The van der Waals surface area contributed by atoms with Gasteiger partial charge in [0.2, 0.25) is 0 Å². The molecule has 1 aliphatic rings. The topological polar surface area (TPSA) is 69.5 Å². The molecule has 0 N–H and O–H groups in total. The third kappa shape index (κ3) is 3.91. The average Bonchev–Trinajstić information content (AvgIpc) is 3.30. The van der Waals surface area contributed by atoms with Crippen LogP contribution >= 0.6 is 0 Å². The molecule has 0 saturated heterocycles. The minimum atomic E-state index is -0.254. The van der Waals surface area contributed by atoms with Crippen LogP contribution in [0.4, 0.5) is 0 Å². The monoisotopic (exact) mass is 470 g/mol. The lowest BCUT2D eigenvalue weighted by Gasteiger charge is -2.38. The van der Waals surface area contributed by atoms with Crippen LogP contribution in [0.3, 0.4) is 0 Å². The zero-order chi connectivity index (χ0) is 24.7. The molecule has 1 aliphatic heterocycles. The zero-order valence-electron chi connectivity index (χ0n) is 20.8. The predicted molar refractivity (Wildman–Crippen MR) is 135 cm³/mol. The van der Waals surface area contributed by atoms with Gasteiger partial charge in [0.1, 0.15) is 0 Å². The summed E-state index contributed by atoms with van der Waals surface area (Å²) in [7, 11) is 3.28. The normalized spacial score (nSPS) is 15.4. The highest BCUT2D eigenvalue weighted by Gasteiger charge is 2.35. The van der Waals surface area contributed by atoms with Crippen molar-refractivity contribution in [3.63, 3.8) is 0 Å². The lowest BCUT2D eigenvalue weighted by Crippen LogP contribution is -2.40. The number of amides is 1. The number of rotatable bonds is 5. The van der Waals surface area contributed by atoms with Crippen molar-refractivity contribution in [2.45, 2.75) is 39.3 Å². The summed E-state index contributed by atoms with van der Waals surface area (Å²) in [5.74, 6) is 1.32. The lowest BCUT2D eigenvalue weighted by atomic mass is 9.87. The van der Waals surface area contributed by atoms with E-state index in [1.807, 2.05) is 52.9 Å². The second-order valence-electron chi connectivity index (χ2n) is 9.20. The van der Waals surface area contributed by atoms with Crippen LogP contribution in [0.1, 0.15) is 58.7 Å². The van der Waals surface area contributed by atoms with Crippen molar-refractivity contribution >= 4 is 16.9 Å². The summed E-state index contributed by atoms with van der Waals surface area (Å²) in [5.41, 5.74) is 5.42. The SMILES string of the molecule is COc1cc2c(cc1OC)C(c1ccccc1)N(C(=O)c1cc(C)nc3c1cnn3C(C)C)CC2. The number of hydrogen-bond donors (Lipinski definition) is 0. The number of ether oxygens (including phenoxy) is 2. The Hall–Kier alpha value is -3.87. The number of carbonyl (C=O) groups excluding carboxylic acids is 1. The van der Waals surface area contributed by atoms with E-state index in [-0.39, 0.29) is 18.0 Å². The fourth-order valence-electron chi connectivity index (χ4n) is 5.01. The van der Waals surface area contributed by atoms with Crippen LogP contribution in [-0.2, 0) is 6.42 Å². The van der Waals surface area contributed by atoms with E-state index in [1.165, 1.54) is 0 Å². The minimum absolute atomic E-state index is 0.0295. The molecule has 0 saturated carbocycles. The average molecular weight is 471 g/mol. The minimum Gasteiger partial charge on any atom is -0.493 e. The van der Waals surface area contributed by atoms with Crippen molar-refractivity contribution < 1.29 is 14.3 Å². The van der Waals surface area contributed by atoms with Gasteiger partial charge in [0.25, 0.3) is 5.91 Å². The Morgan fingerprint density at radius 2 is 1.77 bits per heavy atom. The molecule has 1 amide bonds. The summed E-state index contributed by atoms with van der Waals surface area (Å²) in [6.07, 6.45) is 2.49. The molecule has 3 heterocycles. The van der Waals surface area contributed by atoms with E-state index in [0.29, 0.717) is 23.6 Å². The lowest BCUT2D eigenvalue weighted by molar-refractivity contribution is 0.0696. The number of aryl methyl sites for hydroxylation is 1. The maximum absolute atomic E-state index is 14.2. The Kier molecular flexibility index (Phi) is 5.93. The van der Waals surface area contributed by atoms with Crippen LogP contribution in [0.15, 0.2) is 54.7 Å². The maximum atomic E-state index is 14.2. The summed E-state index contributed by atoms with van der Waals surface area (Å²) in [5, 5.41) is 5.31. The van der Waals surface area contributed by atoms with Gasteiger partial charge in [0, 0.05) is 18.3 Å². The molecule has 2 aromatic heterocycles. The highest BCUT2D eigenvalue weighted by molar-refractivity contribution is 6.06. The Labute approximate surface area is 205 Å². The van der Waals surface area contributed by atoms with Gasteiger partial charge in [-0.25, -0.2) is 9.67 Å². The second-order valence-corrected chi connectivity index (χ2v) is 9.20. The van der Waals surface area contributed by atoms with E-state index in [0.717, 1.165) is 39.8 Å². The fraction of sp³-hybridized carbons (Fsp3) is 0.321. The fourth-order valence-corrected chi connectivity index (χ4v) is 5.01. The number of benzene rings is 2. The van der Waals surface area contributed by atoms with Crippen molar-refractivity contribution in [2.24, 2.45) is 0 Å². The summed E-state index contributed by atoms with van der Waals surface area (Å²) in [6.45, 7) is 6.63. The van der Waals surface area contributed by atoms with Crippen molar-refractivity contribution in [2.75, 3.05) is 20.8 Å². The first-order chi connectivity index (χ1) is 16.9. The first-order valence-corrected chi connectivity index (χ1v) is 11.9. The molecule has 5 rings (SSSR count). The molecular weight excluding hydrogens is 440 g/mol. The molecule has 0 radical (unpaired) electrons. The third-order valence-electron chi connectivity index (χ3n) is 6.66. The van der Waals surface area contributed by atoms with Crippen molar-refractivity contribution in [3.05, 3.63) is 82.7 Å². The van der Waals surface area contributed by atoms with Crippen LogP contribution in [0.2, 0.25) is 0 Å². The molecule has 180 valence electrons. The third-order valence-corrected chi connectivity index (χ3v) is 6.66. The first-order valence-electron chi connectivity index (χ1n) is 11.9. The number of aromatic nitrogens is 3. The Bertz CT molecular complexity index is 1390. The van der Waals surface area contributed by atoms with Gasteiger partial charge < -0.3 is 14.4 Å². The zero-order valence-corrected chi connectivity index (χ0v) is 20.8. The summed E-state index contributed by atoms with van der Waals surface area (Å²) in [4.78, 5) is 20.9. The molecule has 0 aliphatic carbocycles. The Morgan fingerprint density at radius 3 is 2.46 bits per heavy atom.